The second kappa shape index (κ2) is 13.1. The maximum absolute atomic E-state index is 13.4. The highest BCUT2D eigenvalue weighted by Gasteiger charge is 2.29. The summed E-state index contributed by atoms with van der Waals surface area (Å²) < 4.78 is 26.0. The van der Waals surface area contributed by atoms with E-state index >= 15 is 0 Å². The van der Waals surface area contributed by atoms with Crippen molar-refractivity contribution in [1.29, 1.82) is 0 Å². The van der Waals surface area contributed by atoms with Crippen molar-refractivity contribution in [3.8, 4) is 0 Å². The molecule has 0 aliphatic rings. The molecule has 1 unspecified atom stereocenters. The highest BCUT2D eigenvalue weighted by atomic mass is 35.5. The number of nitrogens with zero attached hydrogens (tertiary/aromatic N) is 2. The summed E-state index contributed by atoms with van der Waals surface area (Å²) in [5.41, 5.74) is 1.21. The summed E-state index contributed by atoms with van der Waals surface area (Å²) in [7, 11) is -3.57. The van der Waals surface area contributed by atoms with Crippen LogP contribution in [-0.4, -0.2) is 50.0 Å². The minimum Gasteiger partial charge on any atom is -0.352 e. The van der Waals surface area contributed by atoms with Crippen molar-refractivity contribution in [1.82, 2.24) is 10.2 Å². The first-order valence-corrected chi connectivity index (χ1v) is 14.1. The average molecular weight is 543 g/mol. The van der Waals surface area contributed by atoms with Crippen LogP contribution in [0.4, 0.5) is 5.69 Å². The first-order valence-electron chi connectivity index (χ1n) is 11.5. The van der Waals surface area contributed by atoms with Gasteiger partial charge in [0.05, 0.1) is 11.9 Å². The Kier molecular flexibility index (Phi) is 10.9. The molecule has 2 aromatic rings. The van der Waals surface area contributed by atoms with Gasteiger partial charge in [-0.3, -0.25) is 13.9 Å². The third kappa shape index (κ3) is 8.70. The van der Waals surface area contributed by atoms with E-state index in [1.54, 1.807) is 36.4 Å². The zero-order valence-corrected chi connectivity index (χ0v) is 22.8. The van der Waals surface area contributed by atoms with Gasteiger partial charge in [-0.2, -0.15) is 0 Å². The molecule has 0 saturated carbocycles. The number of rotatable bonds is 12. The first kappa shape index (κ1) is 28.9. The maximum atomic E-state index is 13.4. The number of anilines is 1. The molecule has 2 aromatic carbocycles. The van der Waals surface area contributed by atoms with Crippen LogP contribution in [0.3, 0.4) is 0 Å². The van der Waals surface area contributed by atoms with Crippen LogP contribution < -0.4 is 9.62 Å². The standard InChI is InChI=1S/C25H33Cl2N3O4S/c1-5-23(25(32)28-18(2)3)29(17-19-9-6-7-10-22(19)27)24(31)11-8-16-30(35(4,33)34)21-14-12-20(26)13-15-21/h6-7,9-10,12-15,18,23H,5,8,11,16-17H2,1-4H3,(H,28,32). The van der Waals surface area contributed by atoms with Crippen molar-refractivity contribution >= 4 is 50.7 Å². The molecular weight excluding hydrogens is 509 g/mol. The predicted octanol–water partition coefficient (Wildman–Crippen LogP) is 4.87. The first-order chi connectivity index (χ1) is 16.4. The van der Waals surface area contributed by atoms with Crippen LogP contribution in [0.2, 0.25) is 10.0 Å². The molecular formula is C25H33Cl2N3O4S. The van der Waals surface area contributed by atoms with Gasteiger partial charge in [0.25, 0.3) is 0 Å². The average Bonchev–Trinajstić information content (AvgIpc) is 2.77. The minimum atomic E-state index is -3.57. The number of sulfonamides is 1. The molecule has 0 heterocycles. The molecule has 1 N–H and O–H groups in total. The predicted molar refractivity (Wildman–Crippen MR) is 142 cm³/mol. The smallest absolute Gasteiger partial charge is 0.243 e. The lowest BCUT2D eigenvalue weighted by Gasteiger charge is -2.32. The normalized spacial score (nSPS) is 12.3. The Morgan fingerprint density at radius 2 is 1.66 bits per heavy atom. The van der Waals surface area contributed by atoms with Crippen molar-refractivity contribution in [2.24, 2.45) is 0 Å². The molecule has 192 valence electrons. The molecule has 35 heavy (non-hydrogen) atoms. The fraction of sp³-hybridized carbons (Fsp3) is 0.440. The second-order valence-corrected chi connectivity index (χ2v) is 11.4. The summed E-state index contributed by atoms with van der Waals surface area (Å²) in [4.78, 5) is 27.8. The number of hydrogen-bond donors (Lipinski definition) is 1. The summed E-state index contributed by atoms with van der Waals surface area (Å²) in [6, 6.07) is 12.9. The fourth-order valence-electron chi connectivity index (χ4n) is 3.72. The molecule has 0 aliphatic heterocycles. The van der Waals surface area contributed by atoms with E-state index in [2.05, 4.69) is 5.32 Å². The van der Waals surface area contributed by atoms with Gasteiger partial charge in [-0.1, -0.05) is 48.3 Å². The molecule has 0 aromatic heterocycles. The van der Waals surface area contributed by atoms with Crippen LogP contribution in [0, 0.1) is 0 Å². The van der Waals surface area contributed by atoms with Crippen LogP contribution >= 0.6 is 23.2 Å². The van der Waals surface area contributed by atoms with Crippen molar-refractivity contribution in [3.05, 3.63) is 64.1 Å². The van der Waals surface area contributed by atoms with Gasteiger partial charge in [-0.15, -0.1) is 0 Å². The Labute approximate surface area is 218 Å². The topological polar surface area (TPSA) is 86.8 Å². The summed E-state index contributed by atoms with van der Waals surface area (Å²) in [5.74, 6) is -0.484. The van der Waals surface area contributed by atoms with Gasteiger partial charge < -0.3 is 10.2 Å². The number of carbonyl (C=O) groups is 2. The van der Waals surface area contributed by atoms with E-state index in [1.807, 2.05) is 32.9 Å². The van der Waals surface area contributed by atoms with Crippen molar-refractivity contribution < 1.29 is 18.0 Å². The molecule has 7 nitrogen and oxygen atoms in total. The minimum absolute atomic E-state index is 0.0650. The summed E-state index contributed by atoms with van der Waals surface area (Å²) in [6.45, 7) is 5.86. The van der Waals surface area contributed by atoms with Crippen molar-refractivity contribution in [3.63, 3.8) is 0 Å². The van der Waals surface area contributed by atoms with Crippen molar-refractivity contribution in [2.75, 3.05) is 17.1 Å². The molecule has 10 heteroatoms. The van der Waals surface area contributed by atoms with Crippen LogP contribution in [0.15, 0.2) is 48.5 Å². The molecule has 2 rings (SSSR count). The Hall–Kier alpha value is -2.29. The summed E-state index contributed by atoms with van der Waals surface area (Å²) in [5, 5.41) is 3.89. The van der Waals surface area contributed by atoms with Crippen molar-refractivity contribution in [2.45, 2.75) is 58.7 Å². The number of hydrogen-bond acceptors (Lipinski definition) is 4. The lowest BCUT2D eigenvalue weighted by atomic mass is 10.1. The zero-order valence-electron chi connectivity index (χ0n) is 20.5. The molecule has 0 bridgehead atoms. The van der Waals surface area contributed by atoms with Gasteiger partial charge in [-0.25, -0.2) is 8.42 Å². The Morgan fingerprint density at radius 3 is 2.20 bits per heavy atom. The third-order valence-electron chi connectivity index (χ3n) is 5.38. The Balaban J connectivity index is 2.22. The summed E-state index contributed by atoms with van der Waals surface area (Å²) in [6.07, 6.45) is 1.89. The molecule has 0 fully saturated rings. The maximum Gasteiger partial charge on any atom is 0.243 e. The van der Waals surface area contributed by atoms with Gasteiger partial charge in [0.2, 0.25) is 21.8 Å². The lowest BCUT2D eigenvalue weighted by molar-refractivity contribution is -0.141. The quantitative estimate of drug-likeness (QED) is 0.415. The number of amides is 2. The van der Waals surface area contributed by atoms with Crippen LogP contribution in [0.25, 0.3) is 0 Å². The highest BCUT2D eigenvalue weighted by molar-refractivity contribution is 7.92. The number of nitrogens with one attached hydrogen (secondary N) is 1. The van der Waals surface area contributed by atoms with E-state index in [0.717, 1.165) is 11.8 Å². The third-order valence-corrected chi connectivity index (χ3v) is 7.20. The van der Waals surface area contributed by atoms with Gasteiger partial charge in [-0.05, 0) is 62.6 Å². The van der Waals surface area contributed by atoms with E-state index in [0.29, 0.717) is 22.2 Å². The van der Waals surface area contributed by atoms with E-state index in [4.69, 9.17) is 23.2 Å². The molecule has 2 amide bonds. The Morgan fingerprint density at radius 1 is 1.03 bits per heavy atom. The number of halogens is 2. The molecule has 0 spiro atoms. The molecule has 0 radical (unpaired) electrons. The number of carbonyl (C=O) groups excluding carboxylic acids is 2. The Bertz CT molecular complexity index is 1110. The highest BCUT2D eigenvalue weighted by Crippen LogP contribution is 2.23. The molecule has 0 saturated heterocycles. The van der Waals surface area contributed by atoms with Gasteiger partial charge in [0, 0.05) is 35.6 Å². The fourth-order valence-corrected chi connectivity index (χ4v) is 5.01. The van der Waals surface area contributed by atoms with Crippen LogP contribution in [0.1, 0.15) is 45.6 Å². The largest absolute Gasteiger partial charge is 0.352 e. The van der Waals surface area contributed by atoms with Gasteiger partial charge >= 0.3 is 0 Å². The van der Waals surface area contributed by atoms with E-state index < -0.39 is 16.1 Å². The SMILES string of the molecule is CCC(C(=O)NC(C)C)N(Cc1ccccc1Cl)C(=O)CCCN(c1ccc(Cl)cc1)S(C)(=O)=O. The van der Waals surface area contributed by atoms with Gasteiger partial charge in [0.1, 0.15) is 6.04 Å². The van der Waals surface area contributed by atoms with Gasteiger partial charge in [0.15, 0.2) is 0 Å². The van der Waals surface area contributed by atoms with Crippen LogP contribution in [-0.2, 0) is 26.2 Å². The van der Waals surface area contributed by atoms with Crippen LogP contribution in [0.5, 0.6) is 0 Å². The second-order valence-electron chi connectivity index (χ2n) is 8.62. The molecule has 0 aliphatic carbocycles. The summed E-state index contributed by atoms with van der Waals surface area (Å²) >= 11 is 12.3. The van der Waals surface area contributed by atoms with E-state index in [-0.39, 0.29) is 43.8 Å². The monoisotopic (exact) mass is 541 g/mol. The zero-order chi connectivity index (χ0) is 26.2. The molecule has 1 atom stereocenters. The lowest BCUT2D eigenvalue weighted by Crippen LogP contribution is -2.50. The number of benzene rings is 2. The van der Waals surface area contributed by atoms with E-state index in [9.17, 15) is 18.0 Å². The van der Waals surface area contributed by atoms with E-state index in [1.165, 1.54) is 9.21 Å².